The predicted octanol–water partition coefficient (Wildman–Crippen LogP) is 4.82. The summed E-state index contributed by atoms with van der Waals surface area (Å²) in [5, 5.41) is 9.82. The third-order valence-corrected chi connectivity index (χ3v) is 8.69. The molecule has 7 nitrogen and oxygen atoms in total. The normalized spacial score (nSPS) is 14.0. The Kier molecular flexibility index (Phi) is 8.71. The second-order valence-electron chi connectivity index (χ2n) is 9.89. The average molecular weight is 404 g/mol. The molecule has 0 spiro atoms. The molecule has 27 heavy (non-hydrogen) atoms. The molecule has 0 aromatic rings. The minimum Gasteiger partial charge on any atom is -0.481 e. The van der Waals surface area contributed by atoms with Crippen LogP contribution in [0, 0.1) is 11.8 Å². The van der Waals surface area contributed by atoms with Gasteiger partial charge in [0.2, 0.25) is 8.32 Å². The Morgan fingerprint density at radius 2 is 1.52 bits per heavy atom. The maximum atomic E-state index is 12.8. The summed E-state index contributed by atoms with van der Waals surface area (Å²) >= 11 is 0. The van der Waals surface area contributed by atoms with Crippen molar-refractivity contribution in [2.45, 2.75) is 92.0 Å². The minimum atomic E-state index is -2.52. The van der Waals surface area contributed by atoms with Crippen LogP contribution in [0.3, 0.4) is 0 Å². The molecule has 158 valence electrons. The van der Waals surface area contributed by atoms with E-state index in [2.05, 4.69) is 0 Å². The highest BCUT2D eigenvalue weighted by Crippen LogP contribution is 2.37. The first-order valence-electron chi connectivity index (χ1n) is 9.35. The van der Waals surface area contributed by atoms with Crippen LogP contribution >= 0.6 is 0 Å². The molecular formula is C19H37NO6Si. The zero-order valence-corrected chi connectivity index (χ0v) is 19.5. The van der Waals surface area contributed by atoms with Crippen LogP contribution < -0.4 is 0 Å². The SMILES string of the molecule is CC(C)C[C@H](CC(=O)N(O[Si](C)(C)C(C)(C)C)C(=O)OC(C)(C)C)C(=O)O. The van der Waals surface area contributed by atoms with Crippen LogP contribution in [0.15, 0.2) is 0 Å². The van der Waals surface area contributed by atoms with E-state index in [9.17, 15) is 19.5 Å². The lowest BCUT2D eigenvalue weighted by molar-refractivity contribution is -0.160. The number of carboxylic acid groups (broad SMARTS) is 1. The van der Waals surface area contributed by atoms with E-state index in [0.717, 1.165) is 0 Å². The molecule has 2 amide bonds. The molecule has 0 aromatic carbocycles. The van der Waals surface area contributed by atoms with E-state index in [4.69, 9.17) is 9.26 Å². The van der Waals surface area contributed by atoms with Crippen LogP contribution in [0.4, 0.5) is 4.79 Å². The topological polar surface area (TPSA) is 93.1 Å². The lowest BCUT2D eigenvalue weighted by atomic mass is 9.94. The van der Waals surface area contributed by atoms with Gasteiger partial charge in [-0.25, -0.2) is 4.79 Å². The Morgan fingerprint density at radius 1 is 1.04 bits per heavy atom. The van der Waals surface area contributed by atoms with Gasteiger partial charge in [0.05, 0.1) is 5.92 Å². The highest BCUT2D eigenvalue weighted by molar-refractivity contribution is 6.74. The highest BCUT2D eigenvalue weighted by Gasteiger charge is 2.44. The summed E-state index contributed by atoms with van der Waals surface area (Å²) in [7, 11) is -2.52. The van der Waals surface area contributed by atoms with Gasteiger partial charge in [-0.15, -0.1) is 5.06 Å². The lowest BCUT2D eigenvalue weighted by Crippen LogP contribution is -2.52. The molecule has 0 heterocycles. The molecule has 0 rings (SSSR count). The van der Waals surface area contributed by atoms with Crippen LogP contribution in [0.2, 0.25) is 18.1 Å². The third-order valence-electron chi connectivity index (χ3n) is 4.44. The molecule has 0 fully saturated rings. The van der Waals surface area contributed by atoms with Crippen molar-refractivity contribution in [3.63, 3.8) is 0 Å². The number of aliphatic carboxylic acids is 1. The zero-order chi connectivity index (χ0) is 21.8. The molecule has 1 atom stereocenters. The summed E-state index contributed by atoms with van der Waals surface area (Å²) in [5.74, 6) is -2.53. The molecule has 0 saturated heterocycles. The number of carboxylic acids is 1. The summed E-state index contributed by atoms with van der Waals surface area (Å²) in [5.41, 5.74) is -0.809. The van der Waals surface area contributed by atoms with E-state index >= 15 is 0 Å². The first kappa shape index (κ1) is 25.6. The number of imide groups is 1. The summed E-state index contributed by atoms with van der Waals surface area (Å²) in [6, 6.07) is 0. The molecular weight excluding hydrogens is 366 g/mol. The number of ether oxygens (including phenoxy) is 1. The van der Waals surface area contributed by atoms with Gasteiger partial charge >= 0.3 is 12.1 Å². The van der Waals surface area contributed by atoms with Crippen LogP contribution in [0.25, 0.3) is 0 Å². The van der Waals surface area contributed by atoms with Crippen LogP contribution in [0.5, 0.6) is 0 Å². The van der Waals surface area contributed by atoms with Crippen molar-refractivity contribution in [3.8, 4) is 0 Å². The average Bonchev–Trinajstić information content (AvgIpc) is 2.39. The first-order chi connectivity index (χ1) is 11.9. The van der Waals surface area contributed by atoms with Crippen molar-refractivity contribution in [1.82, 2.24) is 5.06 Å². The van der Waals surface area contributed by atoms with Gasteiger partial charge in [0.15, 0.2) is 0 Å². The molecule has 0 aromatic heterocycles. The highest BCUT2D eigenvalue weighted by atomic mass is 28.4. The number of amides is 2. The van der Waals surface area contributed by atoms with Gasteiger partial charge < -0.3 is 14.4 Å². The number of hydroxylamine groups is 2. The van der Waals surface area contributed by atoms with Crippen molar-refractivity contribution >= 4 is 26.3 Å². The molecule has 0 aliphatic carbocycles. The first-order valence-corrected chi connectivity index (χ1v) is 12.3. The molecule has 0 bridgehead atoms. The molecule has 0 unspecified atom stereocenters. The van der Waals surface area contributed by atoms with Gasteiger partial charge in [0.25, 0.3) is 5.91 Å². The fraction of sp³-hybridized carbons (Fsp3) is 0.842. The molecule has 0 saturated carbocycles. The number of hydrogen-bond donors (Lipinski definition) is 1. The van der Waals surface area contributed by atoms with E-state index in [-0.39, 0.29) is 17.4 Å². The quantitative estimate of drug-likeness (QED) is 0.484. The Hall–Kier alpha value is -1.41. The second kappa shape index (κ2) is 9.19. The Labute approximate surface area is 164 Å². The van der Waals surface area contributed by atoms with Crippen molar-refractivity contribution in [2.24, 2.45) is 11.8 Å². The van der Waals surface area contributed by atoms with Gasteiger partial charge in [-0.2, -0.15) is 0 Å². The van der Waals surface area contributed by atoms with Crippen molar-refractivity contribution in [1.29, 1.82) is 0 Å². The van der Waals surface area contributed by atoms with Gasteiger partial charge in [0, 0.05) is 6.42 Å². The van der Waals surface area contributed by atoms with Crippen molar-refractivity contribution in [3.05, 3.63) is 0 Å². The Morgan fingerprint density at radius 3 is 1.85 bits per heavy atom. The molecule has 8 heteroatoms. The van der Waals surface area contributed by atoms with Crippen LogP contribution in [0.1, 0.15) is 68.2 Å². The zero-order valence-electron chi connectivity index (χ0n) is 18.5. The number of nitrogens with zero attached hydrogens (tertiary/aromatic N) is 1. The maximum Gasteiger partial charge on any atom is 0.441 e. The van der Waals surface area contributed by atoms with E-state index in [1.165, 1.54) is 0 Å². The second-order valence-corrected chi connectivity index (χ2v) is 14.6. The van der Waals surface area contributed by atoms with Crippen LogP contribution in [-0.4, -0.2) is 42.1 Å². The maximum absolute atomic E-state index is 12.8. The van der Waals surface area contributed by atoms with Gasteiger partial charge in [-0.3, -0.25) is 9.59 Å². The fourth-order valence-electron chi connectivity index (χ4n) is 1.99. The van der Waals surface area contributed by atoms with E-state index in [0.29, 0.717) is 11.5 Å². The van der Waals surface area contributed by atoms with Crippen LogP contribution in [-0.2, 0) is 18.9 Å². The summed E-state index contributed by atoms with van der Waals surface area (Å²) < 4.78 is 11.2. The number of rotatable bonds is 7. The van der Waals surface area contributed by atoms with Gasteiger partial charge in [0.1, 0.15) is 5.60 Å². The summed E-state index contributed by atoms with van der Waals surface area (Å²) in [4.78, 5) is 37.0. The van der Waals surface area contributed by atoms with Gasteiger partial charge in [-0.1, -0.05) is 34.6 Å². The van der Waals surface area contributed by atoms with E-state index < -0.39 is 37.8 Å². The Bertz CT molecular complexity index is 545. The molecule has 1 N–H and O–H groups in total. The van der Waals surface area contributed by atoms with E-state index in [1.54, 1.807) is 20.8 Å². The summed E-state index contributed by atoms with van der Waals surface area (Å²) in [6.45, 7) is 18.6. The van der Waals surface area contributed by atoms with E-state index in [1.807, 2.05) is 47.7 Å². The largest absolute Gasteiger partial charge is 0.481 e. The predicted molar refractivity (Wildman–Crippen MR) is 107 cm³/mol. The number of carbonyl (C=O) groups excluding carboxylic acids is 2. The standard InChI is InChI=1S/C19H37NO6Si/c1-13(2)11-14(16(22)23)12-15(21)20(17(24)25-18(3,4)5)26-27(9,10)19(6,7)8/h13-14H,11-12H2,1-10H3,(H,22,23)/t14-/m1/s1. The molecule has 0 radical (unpaired) electrons. The minimum absolute atomic E-state index is 0.107. The van der Waals surface area contributed by atoms with Crippen molar-refractivity contribution < 1.29 is 28.8 Å². The third kappa shape index (κ3) is 8.88. The van der Waals surface area contributed by atoms with Gasteiger partial charge in [-0.05, 0) is 51.2 Å². The number of hydrogen-bond acceptors (Lipinski definition) is 5. The summed E-state index contributed by atoms with van der Waals surface area (Å²) in [6.07, 6.45) is -0.893. The Balaban J connectivity index is 5.66. The van der Waals surface area contributed by atoms with Crippen molar-refractivity contribution in [2.75, 3.05) is 0 Å². The monoisotopic (exact) mass is 403 g/mol. The number of carbonyl (C=O) groups is 3. The fourth-order valence-corrected chi connectivity index (χ4v) is 2.90. The lowest BCUT2D eigenvalue weighted by Gasteiger charge is -2.39. The molecule has 0 aliphatic heterocycles. The smallest absolute Gasteiger partial charge is 0.441 e. The molecule has 0 aliphatic rings.